The average molecular weight is 105 g/mol. The number of aliphatic hydroxyl groups excluding tert-OH is 1. The van der Waals surface area contributed by atoms with Crippen LogP contribution >= 0.6 is 0 Å². The normalized spacial score (nSPS) is 16.7. The van der Waals surface area contributed by atoms with Gasteiger partial charge < -0.3 is 5.11 Å². The van der Waals surface area contributed by atoms with E-state index in [1.165, 1.54) is 6.92 Å². The van der Waals surface area contributed by atoms with E-state index in [0.717, 1.165) is 0 Å². The molecule has 0 aromatic rings. The summed E-state index contributed by atoms with van der Waals surface area (Å²) in [7, 11) is 0. The lowest BCUT2D eigenvalue weighted by molar-refractivity contribution is 0.108. The quantitative estimate of drug-likeness (QED) is 0.287. The van der Waals surface area contributed by atoms with Gasteiger partial charge in [-0.15, -0.1) is 0 Å². The van der Waals surface area contributed by atoms with Crippen molar-refractivity contribution in [2.24, 2.45) is 17.2 Å². The van der Waals surface area contributed by atoms with Crippen LogP contribution in [0.15, 0.2) is 0 Å². The number of hydrogen-bond acceptors (Lipinski definition) is 4. The molecule has 0 saturated heterocycles. The summed E-state index contributed by atoms with van der Waals surface area (Å²) in [5.41, 5.74) is 15.0. The van der Waals surface area contributed by atoms with Gasteiger partial charge in [-0.3, -0.25) is 17.2 Å². The summed E-state index contributed by atoms with van der Waals surface area (Å²) in [6.45, 7) is 1.43. The van der Waals surface area contributed by atoms with E-state index in [1.54, 1.807) is 0 Å². The SMILES string of the molecule is C[C@H](O)C(N)(N)N. The highest BCUT2D eigenvalue weighted by molar-refractivity contribution is 4.73. The Morgan fingerprint density at radius 1 is 1.43 bits per heavy atom. The fourth-order valence-electron chi connectivity index (χ4n) is 0. The van der Waals surface area contributed by atoms with Crippen LogP contribution in [0.25, 0.3) is 0 Å². The molecule has 44 valence electrons. The van der Waals surface area contributed by atoms with Gasteiger partial charge in [-0.2, -0.15) is 0 Å². The van der Waals surface area contributed by atoms with E-state index in [4.69, 9.17) is 22.3 Å². The van der Waals surface area contributed by atoms with Crippen molar-refractivity contribution < 1.29 is 5.11 Å². The van der Waals surface area contributed by atoms with Gasteiger partial charge in [-0.05, 0) is 6.92 Å². The fraction of sp³-hybridized carbons (Fsp3) is 1.00. The summed E-state index contributed by atoms with van der Waals surface area (Å²) in [5.74, 6) is -1.44. The van der Waals surface area contributed by atoms with E-state index in [-0.39, 0.29) is 0 Å². The van der Waals surface area contributed by atoms with Crippen LogP contribution in [0.3, 0.4) is 0 Å². The van der Waals surface area contributed by atoms with Crippen LogP contribution in [0.2, 0.25) is 0 Å². The minimum atomic E-state index is -1.44. The smallest absolute Gasteiger partial charge is 0.142 e. The van der Waals surface area contributed by atoms with Crippen LogP contribution < -0.4 is 17.2 Å². The number of aliphatic hydroxyl groups is 1. The molecular formula is C3H11N3O. The first-order valence-corrected chi connectivity index (χ1v) is 1.99. The van der Waals surface area contributed by atoms with Crippen molar-refractivity contribution in [2.75, 3.05) is 0 Å². The molecule has 0 aliphatic carbocycles. The van der Waals surface area contributed by atoms with E-state index >= 15 is 0 Å². The Kier molecular flexibility index (Phi) is 1.71. The Morgan fingerprint density at radius 3 is 1.57 bits per heavy atom. The molecule has 0 aromatic heterocycles. The molecule has 0 heterocycles. The predicted octanol–water partition coefficient (Wildman–Crippen LogP) is -2.10. The third kappa shape index (κ3) is 2.52. The Balaban J connectivity index is 3.54. The summed E-state index contributed by atoms with van der Waals surface area (Å²) >= 11 is 0. The molecule has 0 radical (unpaired) electrons. The Labute approximate surface area is 42.3 Å². The molecule has 0 saturated carbocycles. The molecule has 0 fully saturated rings. The van der Waals surface area contributed by atoms with Crippen molar-refractivity contribution in [3.8, 4) is 0 Å². The molecule has 0 rings (SSSR count). The van der Waals surface area contributed by atoms with Crippen LogP contribution in [0.4, 0.5) is 0 Å². The molecule has 4 heteroatoms. The number of nitrogens with two attached hydrogens (primary N) is 3. The van der Waals surface area contributed by atoms with E-state index in [1.807, 2.05) is 0 Å². The minimum absolute atomic E-state index is 0.868. The van der Waals surface area contributed by atoms with Crippen molar-refractivity contribution >= 4 is 0 Å². The molecule has 0 aliphatic rings. The van der Waals surface area contributed by atoms with Crippen molar-refractivity contribution in [1.82, 2.24) is 0 Å². The Morgan fingerprint density at radius 2 is 1.57 bits per heavy atom. The van der Waals surface area contributed by atoms with E-state index in [0.29, 0.717) is 0 Å². The topological polar surface area (TPSA) is 98.3 Å². The maximum absolute atomic E-state index is 8.51. The van der Waals surface area contributed by atoms with Crippen molar-refractivity contribution in [2.45, 2.75) is 18.8 Å². The summed E-state index contributed by atoms with van der Waals surface area (Å²) in [6, 6.07) is 0. The molecule has 0 amide bonds. The predicted molar refractivity (Wildman–Crippen MR) is 27.0 cm³/mol. The van der Waals surface area contributed by atoms with Crippen LogP contribution in [0.1, 0.15) is 6.92 Å². The van der Waals surface area contributed by atoms with Gasteiger partial charge in [0.25, 0.3) is 0 Å². The molecule has 1 atom stereocenters. The van der Waals surface area contributed by atoms with Crippen molar-refractivity contribution in [3.63, 3.8) is 0 Å². The van der Waals surface area contributed by atoms with Crippen LogP contribution in [-0.2, 0) is 0 Å². The molecule has 4 nitrogen and oxygen atoms in total. The second kappa shape index (κ2) is 1.75. The lowest BCUT2D eigenvalue weighted by Gasteiger charge is -2.20. The van der Waals surface area contributed by atoms with Gasteiger partial charge in [-0.25, -0.2) is 0 Å². The van der Waals surface area contributed by atoms with Gasteiger partial charge in [0, 0.05) is 0 Å². The molecule has 0 spiro atoms. The van der Waals surface area contributed by atoms with Gasteiger partial charge in [0.05, 0.1) is 6.10 Å². The molecule has 0 unspecified atom stereocenters. The van der Waals surface area contributed by atoms with Gasteiger partial charge in [0.15, 0.2) is 0 Å². The molecule has 0 aliphatic heterocycles. The number of rotatable bonds is 1. The highest BCUT2D eigenvalue weighted by Crippen LogP contribution is 1.85. The lowest BCUT2D eigenvalue weighted by Crippen LogP contribution is -2.65. The summed E-state index contributed by atoms with van der Waals surface area (Å²) in [6.07, 6.45) is -0.868. The van der Waals surface area contributed by atoms with E-state index < -0.39 is 11.9 Å². The lowest BCUT2D eigenvalue weighted by atomic mass is 10.2. The van der Waals surface area contributed by atoms with Gasteiger partial charge in [-0.1, -0.05) is 0 Å². The first-order valence-electron chi connectivity index (χ1n) is 1.99. The third-order valence-electron chi connectivity index (χ3n) is 0.724. The number of hydrogen-bond donors (Lipinski definition) is 4. The second-order valence-electron chi connectivity index (χ2n) is 1.68. The maximum atomic E-state index is 8.51. The monoisotopic (exact) mass is 105 g/mol. The summed E-state index contributed by atoms with van der Waals surface area (Å²) < 4.78 is 0. The first kappa shape index (κ1) is 6.84. The standard InChI is InChI=1S/C3H11N3O/c1-2(7)3(4,5)6/h2,7H,4-6H2,1H3/t2-/m0/s1. The van der Waals surface area contributed by atoms with Crippen LogP contribution in [-0.4, -0.2) is 17.0 Å². The highest BCUT2D eigenvalue weighted by atomic mass is 16.3. The highest BCUT2D eigenvalue weighted by Gasteiger charge is 2.17. The van der Waals surface area contributed by atoms with Gasteiger partial charge in [0.2, 0.25) is 0 Å². The van der Waals surface area contributed by atoms with Crippen LogP contribution in [0.5, 0.6) is 0 Å². The Hall–Kier alpha value is -0.160. The zero-order valence-electron chi connectivity index (χ0n) is 4.26. The summed E-state index contributed by atoms with van der Waals surface area (Å²) in [5, 5.41) is 8.51. The third-order valence-corrected chi connectivity index (χ3v) is 0.724. The van der Waals surface area contributed by atoms with E-state index in [2.05, 4.69) is 0 Å². The first-order chi connectivity index (χ1) is 2.94. The largest absolute Gasteiger partial charge is 0.389 e. The Bertz CT molecular complexity index is 55.7. The molecule has 7 heavy (non-hydrogen) atoms. The zero-order chi connectivity index (χ0) is 6.08. The maximum Gasteiger partial charge on any atom is 0.142 e. The zero-order valence-corrected chi connectivity index (χ0v) is 4.26. The van der Waals surface area contributed by atoms with Crippen molar-refractivity contribution in [3.05, 3.63) is 0 Å². The average Bonchev–Trinajstić information content (AvgIpc) is 1.31. The molecular weight excluding hydrogens is 94.1 g/mol. The molecule has 0 bridgehead atoms. The molecule has 0 aromatic carbocycles. The van der Waals surface area contributed by atoms with E-state index in [9.17, 15) is 0 Å². The van der Waals surface area contributed by atoms with Gasteiger partial charge in [0.1, 0.15) is 5.79 Å². The molecule has 7 N–H and O–H groups in total. The fourth-order valence-corrected chi connectivity index (χ4v) is 0. The minimum Gasteiger partial charge on any atom is -0.389 e. The van der Waals surface area contributed by atoms with Gasteiger partial charge >= 0.3 is 0 Å². The second-order valence-corrected chi connectivity index (χ2v) is 1.68. The van der Waals surface area contributed by atoms with Crippen LogP contribution in [0, 0.1) is 0 Å². The van der Waals surface area contributed by atoms with Crippen molar-refractivity contribution in [1.29, 1.82) is 0 Å². The summed E-state index contributed by atoms with van der Waals surface area (Å²) in [4.78, 5) is 0.